The van der Waals surface area contributed by atoms with Crippen molar-refractivity contribution >= 4 is 11.9 Å². The Balaban J connectivity index is 2.26. The van der Waals surface area contributed by atoms with Crippen molar-refractivity contribution in [2.45, 2.75) is 13.1 Å². The minimum absolute atomic E-state index is 0.0677. The molecular formula is C9H11F3N8. The molecule has 0 saturated carbocycles. The summed E-state index contributed by atoms with van der Waals surface area (Å²) in [5.41, 5.74) is 0. The Morgan fingerprint density at radius 2 is 1.85 bits per heavy atom. The summed E-state index contributed by atoms with van der Waals surface area (Å²) >= 11 is 0. The zero-order valence-corrected chi connectivity index (χ0v) is 10.4. The fraction of sp³-hybridized carbons (Fsp3) is 0.444. The Morgan fingerprint density at radius 1 is 1.15 bits per heavy atom. The van der Waals surface area contributed by atoms with Gasteiger partial charge in [0.25, 0.3) is 5.95 Å². The summed E-state index contributed by atoms with van der Waals surface area (Å²) in [5.74, 6) is 0.0228. The second kappa shape index (κ2) is 5.67. The van der Waals surface area contributed by atoms with Crippen molar-refractivity contribution in [1.82, 2.24) is 29.7 Å². The van der Waals surface area contributed by atoms with Crippen molar-refractivity contribution in [2.75, 3.05) is 23.7 Å². The molecule has 0 atom stereocenters. The van der Waals surface area contributed by atoms with Gasteiger partial charge in [0, 0.05) is 6.54 Å². The number of hydrogen-bond donors (Lipinski definition) is 2. The summed E-state index contributed by atoms with van der Waals surface area (Å²) in [7, 11) is 0. The van der Waals surface area contributed by atoms with E-state index in [1.54, 1.807) is 0 Å². The molecule has 0 aliphatic heterocycles. The number of nitrogens with zero attached hydrogens (tertiary/aromatic N) is 6. The maximum absolute atomic E-state index is 12.2. The number of anilines is 2. The summed E-state index contributed by atoms with van der Waals surface area (Å²) in [4.78, 5) is 15.4. The molecule has 0 aliphatic rings. The van der Waals surface area contributed by atoms with Gasteiger partial charge < -0.3 is 10.6 Å². The van der Waals surface area contributed by atoms with Crippen LogP contribution in [0.4, 0.5) is 25.1 Å². The average Bonchev–Trinajstić information content (AvgIpc) is 2.89. The van der Waals surface area contributed by atoms with Crippen LogP contribution < -0.4 is 10.6 Å². The van der Waals surface area contributed by atoms with E-state index in [1.807, 2.05) is 6.92 Å². The fourth-order valence-corrected chi connectivity index (χ4v) is 1.27. The summed E-state index contributed by atoms with van der Waals surface area (Å²) < 4.78 is 37.8. The third-order valence-electron chi connectivity index (χ3n) is 2.03. The maximum atomic E-state index is 12.2. The zero-order chi connectivity index (χ0) is 14.6. The topological polar surface area (TPSA) is 93.4 Å². The highest BCUT2D eigenvalue weighted by Gasteiger charge is 2.27. The first kappa shape index (κ1) is 14.0. The average molecular weight is 288 g/mol. The van der Waals surface area contributed by atoms with Crippen molar-refractivity contribution in [3.05, 3.63) is 12.7 Å². The third kappa shape index (κ3) is 3.76. The second-order valence-electron chi connectivity index (χ2n) is 3.62. The van der Waals surface area contributed by atoms with Gasteiger partial charge in [-0.15, -0.1) is 0 Å². The predicted molar refractivity (Wildman–Crippen MR) is 63.5 cm³/mol. The maximum Gasteiger partial charge on any atom is 0.405 e. The highest BCUT2D eigenvalue weighted by atomic mass is 19.4. The van der Waals surface area contributed by atoms with Crippen molar-refractivity contribution in [3.8, 4) is 5.95 Å². The van der Waals surface area contributed by atoms with Crippen LogP contribution in [-0.4, -0.2) is 49.0 Å². The minimum atomic E-state index is -4.36. The van der Waals surface area contributed by atoms with Gasteiger partial charge >= 0.3 is 6.18 Å². The molecule has 2 aromatic heterocycles. The van der Waals surface area contributed by atoms with E-state index in [-0.39, 0.29) is 17.8 Å². The van der Waals surface area contributed by atoms with Crippen LogP contribution in [0.2, 0.25) is 0 Å². The molecule has 0 unspecified atom stereocenters. The molecule has 2 aromatic rings. The predicted octanol–water partition coefficient (Wildman–Crippen LogP) is 0.858. The van der Waals surface area contributed by atoms with Crippen LogP contribution >= 0.6 is 0 Å². The molecular weight excluding hydrogens is 277 g/mol. The van der Waals surface area contributed by atoms with Crippen molar-refractivity contribution in [2.24, 2.45) is 0 Å². The molecule has 2 rings (SSSR count). The van der Waals surface area contributed by atoms with Gasteiger partial charge in [-0.3, -0.25) is 0 Å². The number of nitrogens with one attached hydrogen (secondary N) is 2. The standard InChI is InChI=1S/C9H11F3N8/c1-2-14-6-17-7(15-3-9(10,11)12)19-8(18-6)20-5-13-4-16-20/h4-5H,2-3H2,1H3,(H2,14,15,17,18,19). The van der Waals surface area contributed by atoms with Gasteiger partial charge in [-0.05, 0) is 6.92 Å². The molecule has 108 valence electrons. The Morgan fingerprint density at radius 3 is 2.40 bits per heavy atom. The lowest BCUT2D eigenvalue weighted by molar-refractivity contribution is -0.115. The van der Waals surface area contributed by atoms with Gasteiger partial charge in [-0.1, -0.05) is 0 Å². The smallest absolute Gasteiger partial charge is 0.354 e. The molecule has 2 N–H and O–H groups in total. The van der Waals surface area contributed by atoms with Crippen LogP contribution in [0.1, 0.15) is 6.92 Å². The van der Waals surface area contributed by atoms with Gasteiger partial charge in [-0.2, -0.15) is 37.9 Å². The molecule has 0 fully saturated rings. The van der Waals surface area contributed by atoms with E-state index in [2.05, 4.69) is 35.7 Å². The van der Waals surface area contributed by atoms with E-state index in [9.17, 15) is 13.2 Å². The Labute approximate surface area is 111 Å². The Kier molecular flexibility index (Phi) is 3.96. The summed E-state index contributed by atoms with van der Waals surface area (Å²) in [6.45, 7) is 1.08. The number of halogens is 3. The molecule has 0 saturated heterocycles. The van der Waals surface area contributed by atoms with E-state index in [4.69, 9.17) is 0 Å². The lowest BCUT2D eigenvalue weighted by Crippen LogP contribution is -2.23. The SMILES string of the molecule is CCNc1nc(NCC(F)(F)F)nc(-n2cncn2)n1. The fourth-order valence-electron chi connectivity index (χ4n) is 1.27. The highest BCUT2D eigenvalue weighted by Crippen LogP contribution is 2.15. The van der Waals surface area contributed by atoms with Crippen molar-refractivity contribution < 1.29 is 13.2 Å². The van der Waals surface area contributed by atoms with Gasteiger partial charge in [0.2, 0.25) is 11.9 Å². The normalized spacial score (nSPS) is 11.4. The Bertz CT molecular complexity index is 553. The monoisotopic (exact) mass is 288 g/mol. The van der Waals surface area contributed by atoms with Gasteiger partial charge in [0.05, 0.1) is 0 Å². The van der Waals surface area contributed by atoms with Crippen molar-refractivity contribution in [1.29, 1.82) is 0 Å². The molecule has 0 amide bonds. The van der Waals surface area contributed by atoms with Crippen LogP contribution in [0.3, 0.4) is 0 Å². The lowest BCUT2D eigenvalue weighted by atomic mass is 10.6. The van der Waals surface area contributed by atoms with Crippen LogP contribution in [0, 0.1) is 0 Å². The minimum Gasteiger partial charge on any atom is -0.354 e. The molecule has 2 heterocycles. The number of rotatable bonds is 5. The zero-order valence-electron chi connectivity index (χ0n) is 10.4. The van der Waals surface area contributed by atoms with Crippen molar-refractivity contribution in [3.63, 3.8) is 0 Å². The molecule has 8 nitrogen and oxygen atoms in total. The number of alkyl halides is 3. The van der Waals surface area contributed by atoms with Crippen LogP contribution in [-0.2, 0) is 0 Å². The molecule has 0 aliphatic carbocycles. The molecule has 0 spiro atoms. The first-order valence-electron chi connectivity index (χ1n) is 5.63. The first-order chi connectivity index (χ1) is 9.48. The summed E-state index contributed by atoms with van der Waals surface area (Å²) in [6.07, 6.45) is -1.77. The highest BCUT2D eigenvalue weighted by molar-refractivity contribution is 5.37. The number of hydrogen-bond acceptors (Lipinski definition) is 7. The lowest BCUT2D eigenvalue weighted by Gasteiger charge is -2.10. The molecule has 0 aromatic carbocycles. The molecule has 11 heteroatoms. The Hall–Kier alpha value is -2.46. The molecule has 20 heavy (non-hydrogen) atoms. The van der Waals surface area contributed by atoms with E-state index in [0.29, 0.717) is 6.54 Å². The van der Waals surface area contributed by atoms with Crippen LogP contribution in [0.5, 0.6) is 0 Å². The van der Waals surface area contributed by atoms with Gasteiger partial charge in [-0.25, -0.2) is 4.98 Å². The summed E-state index contributed by atoms with van der Waals surface area (Å²) in [6, 6.07) is 0. The van der Waals surface area contributed by atoms with E-state index >= 15 is 0 Å². The van der Waals surface area contributed by atoms with E-state index in [1.165, 1.54) is 17.3 Å². The van der Waals surface area contributed by atoms with Gasteiger partial charge in [0.1, 0.15) is 19.2 Å². The first-order valence-corrected chi connectivity index (χ1v) is 5.63. The summed E-state index contributed by atoms with van der Waals surface area (Å²) in [5, 5.41) is 8.71. The second-order valence-corrected chi connectivity index (χ2v) is 3.62. The van der Waals surface area contributed by atoms with Gasteiger partial charge in [0.15, 0.2) is 0 Å². The van der Waals surface area contributed by atoms with E-state index < -0.39 is 12.7 Å². The largest absolute Gasteiger partial charge is 0.405 e. The van der Waals surface area contributed by atoms with E-state index in [0.717, 1.165) is 0 Å². The van der Waals surface area contributed by atoms with Crippen LogP contribution in [0.25, 0.3) is 5.95 Å². The molecule has 0 radical (unpaired) electrons. The quantitative estimate of drug-likeness (QED) is 0.842. The third-order valence-corrected chi connectivity index (χ3v) is 2.03. The van der Waals surface area contributed by atoms with Crippen LogP contribution in [0.15, 0.2) is 12.7 Å². The molecule has 0 bridgehead atoms. The number of aromatic nitrogens is 6.